The number of nitrogens with zero attached hydrogens (tertiary/aromatic N) is 2. The Morgan fingerprint density at radius 1 is 1.16 bits per heavy atom. The van der Waals surface area contributed by atoms with Crippen LogP contribution in [0.1, 0.15) is 6.92 Å². The second-order valence-corrected chi connectivity index (χ2v) is 5.93. The van der Waals surface area contributed by atoms with Gasteiger partial charge in [-0.25, -0.2) is 4.79 Å². The first-order valence-corrected chi connectivity index (χ1v) is 8.24. The normalized spacial score (nSPS) is 10.8. The number of hydrogen-bond acceptors (Lipinski definition) is 3. The third-order valence-electron chi connectivity index (χ3n) is 3.98. The Bertz CT molecular complexity index is 991. The van der Waals surface area contributed by atoms with Gasteiger partial charge in [0.25, 0.3) is 0 Å². The minimum atomic E-state index is -0.332. The monoisotopic (exact) mass is 359 g/mol. The van der Waals surface area contributed by atoms with Crippen LogP contribution in [0.25, 0.3) is 11.0 Å². The van der Waals surface area contributed by atoms with E-state index in [4.69, 9.17) is 16.3 Å². The van der Waals surface area contributed by atoms with Crippen molar-refractivity contribution in [2.24, 2.45) is 0 Å². The van der Waals surface area contributed by atoms with Gasteiger partial charge in [0.05, 0.1) is 23.8 Å². The largest absolute Gasteiger partial charge is 0.495 e. The second-order valence-electron chi connectivity index (χ2n) is 5.49. The molecule has 1 N–H and O–H groups in total. The van der Waals surface area contributed by atoms with Crippen LogP contribution in [0.3, 0.4) is 0 Å². The van der Waals surface area contributed by atoms with Gasteiger partial charge >= 0.3 is 5.69 Å². The molecule has 130 valence electrons. The maximum Gasteiger partial charge on any atom is 0.329 e. The fourth-order valence-corrected chi connectivity index (χ4v) is 3.01. The fourth-order valence-electron chi connectivity index (χ4n) is 2.84. The highest BCUT2D eigenvalue weighted by molar-refractivity contribution is 6.31. The molecule has 0 bridgehead atoms. The molecule has 6 nitrogen and oxygen atoms in total. The summed E-state index contributed by atoms with van der Waals surface area (Å²) in [4.78, 5) is 25.1. The van der Waals surface area contributed by atoms with E-state index in [1.807, 2.05) is 31.2 Å². The molecule has 0 saturated heterocycles. The van der Waals surface area contributed by atoms with E-state index < -0.39 is 0 Å². The summed E-state index contributed by atoms with van der Waals surface area (Å²) in [6.45, 7) is 2.34. The number of imidazole rings is 1. The standard InChI is InChI=1S/C18H18ClN3O3/c1-3-21-14-6-4-5-7-15(14)22(18(21)24)11-17(23)20-13-10-12(19)8-9-16(13)25-2/h4-10H,3,11H2,1-2H3,(H,20,23). The van der Waals surface area contributed by atoms with E-state index >= 15 is 0 Å². The van der Waals surface area contributed by atoms with Gasteiger partial charge in [-0.15, -0.1) is 0 Å². The molecule has 0 aliphatic carbocycles. The van der Waals surface area contributed by atoms with Crippen molar-refractivity contribution in [3.63, 3.8) is 0 Å². The highest BCUT2D eigenvalue weighted by Crippen LogP contribution is 2.27. The van der Waals surface area contributed by atoms with Crippen LogP contribution in [0.4, 0.5) is 5.69 Å². The number of aryl methyl sites for hydroxylation is 1. The topological polar surface area (TPSA) is 65.3 Å². The van der Waals surface area contributed by atoms with Gasteiger partial charge in [0, 0.05) is 11.6 Å². The number of aromatic nitrogens is 2. The smallest absolute Gasteiger partial charge is 0.329 e. The first-order chi connectivity index (χ1) is 12.0. The minimum Gasteiger partial charge on any atom is -0.495 e. The molecule has 0 radical (unpaired) electrons. The number of ether oxygens (including phenoxy) is 1. The van der Waals surface area contributed by atoms with Gasteiger partial charge in [0.15, 0.2) is 0 Å². The van der Waals surface area contributed by atoms with Gasteiger partial charge in [-0.05, 0) is 37.3 Å². The molecule has 0 saturated carbocycles. The second kappa shape index (κ2) is 7.03. The number of hydrogen-bond donors (Lipinski definition) is 1. The van der Waals surface area contributed by atoms with Crippen molar-refractivity contribution in [1.82, 2.24) is 9.13 Å². The maximum atomic E-state index is 12.6. The summed E-state index contributed by atoms with van der Waals surface area (Å²) < 4.78 is 8.33. The zero-order valence-electron chi connectivity index (χ0n) is 14.0. The number of nitrogens with one attached hydrogen (secondary N) is 1. The number of carbonyl (C=O) groups is 1. The zero-order valence-corrected chi connectivity index (χ0v) is 14.7. The maximum absolute atomic E-state index is 12.6. The molecule has 0 spiro atoms. The Hall–Kier alpha value is -2.73. The van der Waals surface area contributed by atoms with Crippen molar-refractivity contribution < 1.29 is 9.53 Å². The fraction of sp³-hybridized carbons (Fsp3) is 0.222. The number of fused-ring (bicyclic) bond motifs is 1. The van der Waals surface area contributed by atoms with Crippen molar-refractivity contribution in [3.8, 4) is 5.75 Å². The molecule has 1 heterocycles. The molecular formula is C18H18ClN3O3. The molecule has 1 aromatic heterocycles. The summed E-state index contributed by atoms with van der Waals surface area (Å²) in [6, 6.07) is 12.4. The highest BCUT2D eigenvalue weighted by Gasteiger charge is 2.15. The Labute approximate surface area is 149 Å². The zero-order chi connectivity index (χ0) is 18.0. The van der Waals surface area contributed by atoms with Crippen molar-refractivity contribution in [3.05, 3.63) is 58.0 Å². The Balaban J connectivity index is 1.92. The van der Waals surface area contributed by atoms with Crippen LogP contribution in [-0.4, -0.2) is 22.2 Å². The number of anilines is 1. The van der Waals surface area contributed by atoms with Crippen LogP contribution < -0.4 is 15.7 Å². The summed E-state index contributed by atoms with van der Waals surface area (Å²) >= 11 is 5.98. The van der Waals surface area contributed by atoms with E-state index in [-0.39, 0.29) is 18.1 Å². The summed E-state index contributed by atoms with van der Waals surface area (Å²) in [5.41, 5.74) is 1.79. The van der Waals surface area contributed by atoms with Crippen molar-refractivity contribution in [2.75, 3.05) is 12.4 Å². The van der Waals surface area contributed by atoms with Gasteiger partial charge < -0.3 is 10.1 Å². The molecular weight excluding hydrogens is 342 g/mol. The predicted octanol–water partition coefficient (Wildman–Crippen LogP) is 3.12. The van der Waals surface area contributed by atoms with Gasteiger partial charge in [0.1, 0.15) is 12.3 Å². The number of amides is 1. The van der Waals surface area contributed by atoms with Gasteiger partial charge in [-0.1, -0.05) is 23.7 Å². The molecule has 3 aromatic rings. The van der Waals surface area contributed by atoms with Gasteiger partial charge in [-0.2, -0.15) is 0 Å². The van der Waals surface area contributed by atoms with E-state index in [0.29, 0.717) is 23.0 Å². The molecule has 3 rings (SSSR count). The Morgan fingerprint density at radius 2 is 1.84 bits per heavy atom. The molecule has 0 aliphatic rings. The lowest BCUT2D eigenvalue weighted by Crippen LogP contribution is -2.29. The quantitative estimate of drug-likeness (QED) is 0.761. The highest BCUT2D eigenvalue weighted by atomic mass is 35.5. The molecule has 0 atom stereocenters. The lowest BCUT2D eigenvalue weighted by Gasteiger charge is -2.11. The van der Waals surface area contributed by atoms with Crippen LogP contribution in [0.5, 0.6) is 5.75 Å². The number of benzene rings is 2. The summed E-state index contributed by atoms with van der Waals surface area (Å²) in [7, 11) is 1.51. The van der Waals surface area contributed by atoms with Crippen molar-refractivity contribution in [2.45, 2.75) is 20.0 Å². The molecule has 0 fully saturated rings. The van der Waals surface area contributed by atoms with E-state index in [0.717, 1.165) is 11.0 Å². The number of rotatable bonds is 5. The number of methoxy groups -OCH3 is 1. The molecule has 1 amide bonds. The van der Waals surface area contributed by atoms with Crippen LogP contribution in [0, 0.1) is 0 Å². The molecule has 7 heteroatoms. The average Bonchev–Trinajstić information content (AvgIpc) is 2.86. The first kappa shape index (κ1) is 17.1. The number of halogens is 1. The lowest BCUT2D eigenvalue weighted by molar-refractivity contribution is -0.116. The first-order valence-electron chi connectivity index (χ1n) is 7.86. The van der Waals surface area contributed by atoms with E-state index in [1.165, 1.54) is 11.7 Å². The van der Waals surface area contributed by atoms with Gasteiger partial charge in [0.2, 0.25) is 5.91 Å². The van der Waals surface area contributed by atoms with Crippen molar-refractivity contribution in [1.29, 1.82) is 0 Å². The number of para-hydroxylation sites is 2. The average molecular weight is 360 g/mol. The lowest BCUT2D eigenvalue weighted by atomic mass is 10.3. The SMILES string of the molecule is CCn1c(=O)n(CC(=O)Nc2cc(Cl)ccc2OC)c2ccccc21. The summed E-state index contributed by atoms with van der Waals surface area (Å²) in [6.07, 6.45) is 0. The molecule has 0 unspecified atom stereocenters. The van der Waals surface area contributed by atoms with Crippen LogP contribution in [-0.2, 0) is 17.9 Å². The van der Waals surface area contributed by atoms with E-state index in [9.17, 15) is 9.59 Å². The van der Waals surface area contributed by atoms with E-state index in [1.54, 1.807) is 22.8 Å². The van der Waals surface area contributed by atoms with Crippen molar-refractivity contribution >= 4 is 34.2 Å². The third kappa shape index (κ3) is 3.25. The number of carbonyl (C=O) groups excluding carboxylic acids is 1. The molecule has 0 aliphatic heterocycles. The minimum absolute atomic E-state index is 0.0952. The van der Waals surface area contributed by atoms with Crippen LogP contribution in [0.2, 0.25) is 5.02 Å². The Morgan fingerprint density at radius 3 is 2.48 bits per heavy atom. The Kier molecular flexibility index (Phi) is 4.81. The summed E-state index contributed by atoms with van der Waals surface area (Å²) in [5, 5.41) is 3.23. The molecule has 2 aromatic carbocycles. The predicted molar refractivity (Wildman–Crippen MR) is 98.5 cm³/mol. The third-order valence-corrected chi connectivity index (χ3v) is 4.21. The van der Waals surface area contributed by atoms with Gasteiger partial charge in [-0.3, -0.25) is 13.9 Å². The van der Waals surface area contributed by atoms with Crippen LogP contribution >= 0.6 is 11.6 Å². The molecule has 25 heavy (non-hydrogen) atoms. The van der Waals surface area contributed by atoms with E-state index in [2.05, 4.69) is 5.32 Å². The van der Waals surface area contributed by atoms with Crippen LogP contribution in [0.15, 0.2) is 47.3 Å². The summed E-state index contributed by atoms with van der Waals surface area (Å²) in [5.74, 6) is 0.169.